The van der Waals surface area contributed by atoms with Crippen molar-refractivity contribution in [2.45, 2.75) is 12.8 Å². The van der Waals surface area contributed by atoms with E-state index in [0.717, 1.165) is 12.1 Å². The zero-order valence-electron chi connectivity index (χ0n) is 8.87. The number of anilines is 1. The molecule has 4 nitrogen and oxygen atoms in total. The maximum atomic E-state index is 13.3. The summed E-state index contributed by atoms with van der Waals surface area (Å²) < 4.78 is 26.3. The highest BCUT2D eigenvalue weighted by Gasteiger charge is 2.20. The first kappa shape index (κ1) is 12.9. The summed E-state index contributed by atoms with van der Waals surface area (Å²) in [5.41, 5.74) is -0.934. The Kier molecular flexibility index (Phi) is 4.40. The molecule has 0 radical (unpaired) electrons. The van der Waals surface area contributed by atoms with Gasteiger partial charge in [0, 0.05) is 19.0 Å². The molecule has 0 aliphatic carbocycles. The monoisotopic (exact) mass is 240 g/mol. The van der Waals surface area contributed by atoms with Crippen molar-refractivity contribution in [2.75, 3.05) is 11.9 Å². The lowest BCUT2D eigenvalue weighted by atomic mass is 10.2. The lowest BCUT2D eigenvalue weighted by molar-refractivity contribution is -0.384. The van der Waals surface area contributed by atoms with E-state index in [1.54, 1.807) is 0 Å². The highest BCUT2D eigenvalue weighted by Crippen LogP contribution is 2.28. The third kappa shape index (κ3) is 3.14. The maximum Gasteiger partial charge on any atom is 0.295 e. The molecule has 0 bridgehead atoms. The molecule has 0 heterocycles. The van der Waals surface area contributed by atoms with E-state index in [-0.39, 0.29) is 6.54 Å². The number of terminal acetylenes is 1. The average molecular weight is 240 g/mol. The van der Waals surface area contributed by atoms with Gasteiger partial charge in [0.2, 0.25) is 0 Å². The van der Waals surface area contributed by atoms with Gasteiger partial charge in [-0.3, -0.25) is 10.1 Å². The van der Waals surface area contributed by atoms with Crippen molar-refractivity contribution in [1.82, 2.24) is 0 Å². The van der Waals surface area contributed by atoms with Crippen LogP contribution in [0, 0.1) is 34.1 Å². The van der Waals surface area contributed by atoms with Crippen LogP contribution in [0.2, 0.25) is 0 Å². The Morgan fingerprint density at radius 3 is 2.76 bits per heavy atom. The number of hydrogen-bond donors (Lipinski definition) is 1. The summed E-state index contributed by atoms with van der Waals surface area (Å²) >= 11 is 0. The molecule has 0 amide bonds. The molecule has 0 atom stereocenters. The minimum absolute atomic E-state index is 0.241. The topological polar surface area (TPSA) is 55.2 Å². The molecular formula is C11H10F2N2O2. The number of benzene rings is 1. The van der Waals surface area contributed by atoms with Crippen LogP contribution in [-0.4, -0.2) is 11.5 Å². The maximum absolute atomic E-state index is 13.3. The molecule has 0 aromatic heterocycles. The number of nitro groups is 1. The molecule has 0 fully saturated rings. The highest BCUT2D eigenvalue weighted by atomic mass is 19.2. The minimum Gasteiger partial charge on any atom is -0.377 e. The van der Waals surface area contributed by atoms with Crippen molar-refractivity contribution < 1.29 is 13.7 Å². The number of halogens is 2. The van der Waals surface area contributed by atoms with Crippen LogP contribution in [0.25, 0.3) is 0 Å². The van der Waals surface area contributed by atoms with Crippen LogP contribution in [0.1, 0.15) is 12.8 Å². The van der Waals surface area contributed by atoms with Crippen LogP contribution >= 0.6 is 0 Å². The van der Waals surface area contributed by atoms with E-state index in [2.05, 4.69) is 11.2 Å². The second kappa shape index (κ2) is 5.80. The highest BCUT2D eigenvalue weighted by molar-refractivity contribution is 5.62. The molecular weight excluding hydrogens is 230 g/mol. The van der Waals surface area contributed by atoms with Crippen LogP contribution in [-0.2, 0) is 0 Å². The second-order valence-corrected chi connectivity index (χ2v) is 3.25. The van der Waals surface area contributed by atoms with Gasteiger partial charge >= 0.3 is 0 Å². The quantitative estimate of drug-likeness (QED) is 0.372. The van der Waals surface area contributed by atoms with E-state index in [9.17, 15) is 18.9 Å². The molecule has 0 aliphatic rings. The Bertz CT molecular complexity index is 469. The first-order valence-corrected chi connectivity index (χ1v) is 4.87. The zero-order valence-corrected chi connectivity index (χ0v) is 8.87. The molecule has 90 valence electrons. The number of unbranched alkanes of at least 4 members (excludes halogenated alkanes) is 1. The van der Waals surface area contributed by atoms with Gasteiger partial charge < -0.3 is 5.32 Å². The van der Waals surface area contributed by atoms with Crippen molar-refractivity contribution >= 4 is 11.4 Å². The Morgan fingerprint density at radius 2 is 2.18 bits per heavy atom. The van der Waals surface area contributed by atoms with Crippen molar-refractivity contribution in [3.05, 3.63) is 33.9 Å². The summed E-state index contributed by atoms with van der Waals surface area (Å²) in [5.74, 6) is -0.00403. The predicted octanol–water partition coefficient (Wildman–Crippen LogP) is 2.70. The molecule has 0 saturated carbocycles. The van der Waals surface area contributed by atoms with Gasteiger partial charge in [-0.25, -0.2) is 8.78 Å². The Balaban J connectivity index is 2.91. The molecule has 1 aromatic carbocycles. The smallest absolute Gasteiger partial charge is 0.295 e. The lowest BCUT2D eigenvalue weighted by Gasteiger charge is -2.07. The molecule has 1 aromatic rings. The van der Waals surface area contributed by atoms with Crippen LogP contribution in [0.3, 0.4) is 0 Å². The van der Waals surface area contributed by atoms with Crippen molar-refractivity contribution in [1.29, 1.82) is 0 Å². The van der Waals surface area contributed by atoms with E-state index < -0.39 is 27.9 Å². The second-order valence-electron chi connectivity index (χ2n) is 3.25. The molecule has 17 heavy (non-hydrogen) atoms. The molecule has 1 N–H and O–H groups in total. The molecule has 6 heteroatoms. The van der Waals surface area contributed by atoms with E-state index >= 15 is 0 Å². The number of rotatable bonds is 5. The molecule has 0 unspecified atom stereocenters. The van der Waals surface area contributed by atoms with Gasteiger partial charge in [0.05, 0.1) is 4.92 Å². The van der Waals surface area contributed by atoms with Gasteiger partial charge in [0.1, 0.15) is 0 Å². The van der Waals surface area contributed by atoms with E-state index in [1.807, 2.05) is 0 Å². The first-order chi connectivity index (χ1) is 8.07. The minimum atomic E-state index is -1.25. The molecule has 0 aliphatic heterocycles. The van der Waals surface area contributed by atoms with Gasteiger partial charge in [-0.1, -0.05) is 0 Å². The first-order valence-electron chi connectivity index (χ1n) is 4.87. The van der Waals surface area contributed by atoms with Crippen molar-refractivity contribution in [2.24, 2.45) is 0 Å². The lowest BCUT2D eigenvalue weighted by Crippen LogP contribution is -2.07. The number of nitrogens with zero attached hydrogens (tertiary/aromatic N) is 1. The van der Waals surface area contributed by atoms with Gasteiger partial charge in [-0.2, -0.15) is 0 Å². The fraction of sp³-hybridized carbons (Fsp3) is 0.273. The number of nitro benzene ring substituents is 1. The molecule has 1 rings (SSSR count). The fourth-order valence-electron chi connectivity index (χ4n) is 1.26. The van der Waals surface area contributed by atoms with Gasteiger partial charge in [0.15, 0.2) is 17.3 Å². The summed E-state index contributed by atoms with van der Waals surface area (Å²) in [7, 11) is 0. The van der Waals surface area contributed by atoms with Gasteiger partial charge in [0.25, 0.3) is 5.69 Å². The predicted molar refractivity (Wildman–Crippen MR) is 59.6 cm³/mol. The SMILES string of the molecule is C#CCCCNc1c([N+](=O)[O-])ccc(F)c1F. The van der Waals surface area contributed by atoms with Crippen molar-refractivity contribution in [3.8, 4) is 12.3 Å². The van der Waals surface area contributed by atoms with Crippen molar-refractivity contribution in [3.63, 3.8) is 0 Å². The number of hydrogen-bond acceptors (Lipinski definition) is 3. The summed E-state index contributed by atoms with van der Waals surface area (Å²) in [4.78, 5) is 9.85. The Morgan fingerprint density at radius 1 is 1.47 bits per heavy atom. The zero-order chi connectivity index (χ0) is 12.8. The largest absolute Gasteiger partial charge is 0.377 e. The van der Waals surface area contributed by atoms with Crippen LogP contribution in [0.15, 0.2) is 12.1 Å². The van der Waals surface area contributed by atoms with Gasteiger partial charge in [-0.15, -0.1) is 12.3 Å². The molecule has 0 saturated heterocycles. The van der Waals surface area contributed by atoms with E-state index in [4.69, 9.17) is 6.42 Å². The third-order valence-corrected chi connectivity index (χ3v) is 2.07. The van der Waals surface area contributed by atoms with E-state index in [0.29, 0.717) is 12.8 Å². The summed E-state index contributed by atoms with van der Waals surface area (Å²) in [6, 6.07) is 1.64. The summed E-state index contributed by atoms with van der Waals surface area (Å²) in [6.07, 6.45) is 5.99. The molecule has 0 spiro atoms. The standard InChI is InChI=1S/C11H10F2N2O2/c1-2-3-4-7-14-11-9(15(16)17)6-5-8(12)10(11)13/h1,5-6,14H,3-4,7H2. The summed E-state index contributed by atoms with van der Waals surface area (Å²) in [5, 5.41) is 13.1. The van der Waals surface area contributed by atoms with Crippen LogP contribution in [0.5, 0.6) is 0 Å². The third-order valence-electron chi connectivity index (χ3n) is 2.07. The van der Waals surface area contributed by atoms with Crippen LogP contribution in [0.4, 0.5) is 20.2 Å². The fourth-order valence-corrected chi connectivity index (χ4v) is 1.26. The van der Waals surface area contributed by atoms with Gasteiger partial charge in [-0.05, 0) is 12.5 Å². The van der Waals surface area contributed by atoms with Crippen LogP contribution < -0.4 is 5.32 Å². The summed E-state index contributed by atoms with van der Waals surface area (Å²) in [6.45, 7) is 0.241. The normalized spacial score (nSPS) is 9.71. The Labute approximate surface area is 96.8 Å². The Hall–Kier alpha value is -2.16. The van der Waals surface area contributed by atoms with E-state index in [1.165, 1.54) is 0 Å². The average Bonchev–Trinajstić information content (AvgIpc) is 2.29. The number of nitrogens with one attached hydrogen (secondary N) is 1.